The van der Waals surface area contributed by atoms with Crippen molar-refractivity contribution in [2.75, 3.05) is 5.32 Å². The number of aromatic nitrogens is 2. The van der Waals surface area contributed by atoms with E-state index in [4.69, 9.17) is 4.74 Å². The molecule has 0 unspecified atom stereocenters. The Kier molecular flexibility index (Phi) is 6.57. The van der Waals surface area contributed by atoms with Crippen LogP contribution in [0.2, 0.25) is 0 Å². The zero-order chi connectivity index (χ0) is 19.8. The molecule has 6 heteroatoms. The van der Waals surface area contributed by atoms with Crippen LogP contribution in [0.5, 0.6) is 5.75 Å². The lowest BCUT2D eigenvalue weighted by molar-refractivity contribution is 0.101. The SMILES string of the molecule is CCCCn1nc(C(=O)Nc2ccc(OCc3ccccc3)cc2)ccc1=O. The molecule has 3 rings (SSSR count). The minimum absolute atomic E-state index is 0.204. The van der Waals surface area contributed by atoms with Crippen LogP contribution in [0.3, 0.4) is 0 Å². The molecule has 2 aromatic carbocycles. The molecule has 0 aliphatic carbocycles. The number of hydrogen-bond donors (Lipinski definition) is 1. The number of nitrogens with zero attached hydrogens (tertiary/aromatic N) is 2. The molecule has 0 fully saturated rings. The van der Waals surface area contributed by atoms with Gasteiger partial charge in [-0.3, -0.25) is 9.59 Å². The van der Waals surface area contributed by atoms with E-state index in [9.17, 15) is 9.59 Å². The molecule has 0 saturated carbocycles. The highest BCUT2D eigenvalue weighted by Gasteiger charge is 2.10. The molecule has 1 heterocycles. The Morgan fingerprint density at radius 1 is 1.04 bits per heavy atom. The van der Waals surface area contributed by atoms with E-state index in [1.165, 1.54) is 16.8 Å². The van der Waals surface area contributed by atoms with Crippen LogP contribution < -0.4 is 15.6 Å². The number of carbonyl (C=O) groups is 1. The molecule has 0 bridgehead atoms. The van der Waals surface area contributed by atoms with Crippen molar-refractivity contribution in [3.63, 3.8) is 0 Å². The fourth-order valence-corrected chi connectivity index (χ4v) is 2.61. The number of aryl methyl sites for hydroxylation is 1. The van der Waals surface area contributed by atoms with Gasteiger partial charge >= 0.3 is 0 Å². The minimum Gasteiger partial charge on any atom is -0.489 e. The number of anilines is 1. The van der Waals surface area contributed by atoms with Crippen LogP contribution in [0.1, 0.15) is 35.8 Å². The number of ether oxygens (including phenoxy) is 1. The molecule has 0 aliphatic heterocycles. The molecule has 0 aliphatic rings. The van der Waals surface area contributed by atoms with Crippen LogP contribution in [0.25, 0.3) is 0 Å². The Hall–Kier alpha value is -3.41. The molecule has 0 atom stereocenters. The summed E-state index contributed by atoms with van der Waals surface area (Å²) in [4.78, 5) is 24.2. The van der Waals surface area contributed by atoms with Crippen LogP contribution in [0.15, 0.2) is 71.5 Å². The van der Waals surface area contributed by atoms with E-state index < -0.39 is 0 Å². The van der Waals surface area contributed by atoms with Crippen molar-refractivity contribution in [1.29, 1.82) is 0 Å². The molecular weight excluding hydrogens is 354 g/mol. The van der Waals surface area contributed by atoms with E-state index in [1.807, 2.05) is 37.3 Å². The van der Waals surface area contributed by atoms with Crippen molar-refractivity contribution in [2.24, 2.45) is 0 Å². The molecule has 1 aromatic heterocycles. The average Bonchev–Trinajstić information content (AvgIpc) is 2.73. The topological polar surface area (TPSA) is 73.2 Å². The first-order chi connectivity index (χ1) is 13.7. The second kappa shape index (κ2) is 9.50. The molecule has 144 valence electrons. The van der Waals surface area contributed by atoms with Gasteiger partial charge in [0.05, 0.1) is 0 Å². The summed E-state index contributed by atoms with van der Waals surface area (Å²) in [5.74, 6) is 0.358. The number of benzene rings is 2. The van der Waals surface area contributed by atoms with Crippen molar-refractivity contribution in [2.45, 2.75) is 32.9 Å². The minimum atomic E-state index is -0.358. The number of rotatable bonds is 8. The van der Waals surface area contributed by atoms with Crippen LogP contribution >= 0.6 is 0 Å². The second-order valence-electron chi connectivity index (χ2n) is 6.39. The first kappa shape index (κ1) is 19.4. The fourth-order valence-electron chi connectivity index (χ4n) is 2.61. The first-order valence-corrected chi connectivity index (χ1v) is 9.32. The Morgan fingerprint density at radius 3 is 2.50 bits per heavy atom. The first-order valence-electron chi connectivity index (χ1n) is 9.32. The molecular formula is C22H23N3O3. The Balaban J connectivity index is 1.60. The second-order valence-corrected chi connectivity index (χ2v) is 6.39. The van der Waals surface area contributed by atoms with E-state index >= 15 is 0 Å². The zero-order valence-corrected chi connectivity index (χ0v) is 15.8. The third-order valence-electron chi connectivity index (χ3n) is 4.18. The molecule has 0 saturated heterocycles. The summed E-state index contributed by atoms with van der Waals surface area (Å²) in [5, 5.41) is 6.94. The molecule has 1 N–H and O–H groups in total. The smallest absolute Gasteiger partial charge is 0.276 e. The van der Waals surface area contributed by atoms with Crippen molar-refractivity contribution < 1.29 is 9.53 Å². The Morgan fingerprint density at radius 2 is 1.79 bits per heavy atom. The van der Waals surface area contributed by atoms with Crippen molar-refractivity contribution in [1.82, 2.24) is 9.78 Å². The maximum Gasteiger partial charge on any atom is 0.276 e. The number of hydrogen-bond acceptors (Lipinski definition) is 4. The highest BCUT2D eigenvalue weighted by molar-refractivity contribution is 6.02. The molecule has 1 amide bonds. The predicted octanol–water partition coefficient (Wildman–Crippen LogP) is 3.87. The Labute approximate surface area is 163 Å². The van der Waals surface area contributed by atoms with Gasteiger partial charge < -0.3 is 10.1 Å². The summed E-state index contributed by atoms with van der Waals surface area (Å²) >= 11 is 0. The maximum absolute atomic E-state index is 12.4. The van der Waals surface area contributed by atoms with E-state index in [0.29, 0.717) is 24.6 Å². The van der Waals surface area contributed by atoms with E-state index in [1.54, 1.807) is 24.3 Å². The molecule has 0 spiro atoms. The van der Waals surface area contributed by atoms with E-state index in [0.717, 1.165) is 18.4 Å². The van der Waals surface area contributed by atoms with Gasteiger partial charge in [0.25, 0.3) is 11.5 Å². The van der Waals surface area contributed by atoms with Gasteiger partial charge in [0.1, 0.15) is 18.1 Å². The van der Waals surface area contributed by atoms with Gasteiger partial charge in [0.15, 0.2) is 0 Å². The summed E-state index contributed by atoms with van der Waals surface area (Å²) in [6.07, 6.45) is 1.78. The lowest BCUT2D eigenvalue weighted by Gasteiger charge is -2.09. The summed E-state index contributed by atoms with van der Waals surface area (Å²) in [7, 11) is 0. The maximum atomic E-state index is 12.4. The summed E-state index contributed by atoms with van der Waals surface area (Å²) in [5.41, 5.74) is 1.72. The average molecular weight is 377 g/mol. The molecule has 6 nitrogen and oxygen atoms in total. The van der Waals surface area contributed by atoms with Crippen molar-refractivity contribution in [3.05, 3.63) is 88.3 Å². The quantitative estimate of drug-likeness (QED) is 0.647. The summed E-state index contributed by atoms with van der Waals surface area (Å²) < 4.78 is 7.07. The van der Waals surface area contributed by atoms with Crippen LogP contribution in [-0.2, 0) is 13.2 Å². The molecule has 0 radical (unpaired) electrons. The molecule has 3 aromatic rings. The van der Waals surface area contributed by atoms with Crippen LogP contribution in [0, 0.1) is 0 Å². The summed E-state index contributed by atoms with van der Waals surface area (Å²) in [6.45, 7) is 3.02. The number of carbonyl (C=O) groups excluding carboxylic acids is 1. The van der Waals surface area contributed by atoms with Gasteiger partial charge in [0.2, 0.25) is 0 Å². The van der Waals surface area contributed by atoms with Crippen molar-refractivity contribution >= 4 is 11.6 Å². The number of amides is 1. The molecule has 28 heavy (non-hydrogen) atoms. The van der Waals surface area contributed by atoms with Gasteiger partial charge in [-0.2, -0.15) is 5.10 Å². The predicted molar refractivity (Wildman–Crippen MR) is 109 cm³/mol. The van der Waals surface area contributed by atoms with Crippen LogP contribution in [-0.4, -0.2) is 15.7 Å². The normalized spacial score (nSPS) is 10.5. The zero-order valence-electron chi connectivity index (χ0n) is 15.8. The lowest BCUT2D eigenvalue weighted by Crippen LogP contribution is -2.26. The largest absolute Gasteiger partial charge is 0.489 e. The standard InChI is InChI=1S/C22H23N3O3/c1-2-3-15-25-21(26)14-13-20(24-25)22(27)23-18-9-11-19(12-10-18)28-16-17-7-5-4-6-8-17/h4-14H,2-3,15-16H2,1H3,(H,23,27). The third kappa shape index (κ3) is 5.30. The summed E-state index contributed by atoms with van der Waals surface area (Å²) in [6, 6.07) is 19.9. The van der Waals surface area contributed by atoms with Gasteiger partial charge in [-0.15, -0.1) is 0 Å². The highest BCUT2D eigenvalue weighted by atomic mass is 16.5. The number of unbranched alkanes of at least 4 members (excludes halogenated alkanes) is 1. The fraction of sp³-hybridized carbons (Fsp3) is 0.227. The van der Waals surface area contributed by atoms with E-state index in [2.05, 4.69) is 10.4 Å². The van der Waals surface area contributed by atoms with Gasteiger partial charge in [0, 0.05) is 18.3 Å². The van der Waals surface area contributed by atoms with Crippen molar-refractivity contribution in [3.8, 4) is 5.75 Å². The number of nitrogens with one attached hydrogen (secondary N) is 1. The Bertz CT molecular complexity index is 966. The third-order valence-corrected chi connectivity index (χ3v) is 4.18. The lowest BCUT2D eigenvalue weighted by atomic mass is 10.2. The van der Waals surface area contributed by atoms with Crippen LogP contribution in [0.4, 0.5) is 5.69 Å². The monoisotopic (exact) mass is 377 g/mol. The van der Waals surface area contributed by atoms with Gasteiger partial charge in [-0.25, -0.2) is 4.68 Å². The van der Waals surface area contributed by atoms with Gasteiger partial charge in [-0.1, -0.05) is 43.7 Å². The van der Waals surface area contributed by atoms with E-state index in [-0.39, 0.29) is 17.2 Å². The van der Waals surface area contributed by atoms with Gasteiger partial charge in [-0.05, 0) is 42.3 Å². The highest BCUT2D eigenvalue weighted by Crippen LogP contribution is 2.17.